The highest BCUT2D eigenvalue weighted by atomic mass is 35.5. The van der Waals surface area contributed by atoms with Crippen LogP contribution in [0.15, 0.2) is 66.7 Å². The van der Waals surface area contributed by atoms with E-state index >= 15 is 0 Å². The van der Waals surface area contributed by atoms with Crippen LogP contribution in [0.1, 0.15) is 47.3 Å². The molecule has 1 saturated carbocycles. The average molecular weight is 565 g/mol. The number of nitrogens with one attached hydrogen (secondary N) is 2. The van der Waals surface area contributed by atoms with Gasteiger partial charge in [-0.15, -0.1) is 0 Å². The number of hydrogen-bond donors (Lipinski definition) is 3. The number of rotatable bonds is 8. The topological polar surface area (TPSA) is 105 Å². The number of carbonyl (C=O) groups excluding carboxylic acids is 2. The van der Waals surface area contributed by atoms with E-state index in [0.717, 1.165) is 24.1 Å². The molecule has 0 atom stereocenters. The Morgan fingerprint density at radius 3 is 2.46 bits per heavy atom. The van der Waals surface area contributed by atoms with Gasteiger partial charge in [-0.25, -0.2) is 4.79 Å². The second-order valence-corrected chi connectivity index (χ2v) is 10.0. The predicted octanol–water partition coefficient (Wildman–Crippen LogP) is 6.85. The maximum absolute atomic E-state index is 13.0. The van der Waals surface area contributed by atoms with E-state index in [1.807, 2.05) is 13.0 Å². The second kappa shape index (κ2) is 11.4. The van der Waals surface area contributed by atoms with E-state index in [9.17, 15) is 14.7 Å². The van der Waals surface area contributed by atoms with Crippen LogP contribution in [0.3, 0.4) is 0 Å². The van der Waals surface area contributed by atoms with E-state index in [2.05, 4.69) is 15.7 Å². The molecule has 1 aliphatic rings. The number of aromatic hydroxyl groups is 1. The first kappa shape index (κ1) is 26.6. The van der Waals surface area contributed by atoms with E-state index in [-0.39, 0.29) is 30.2 Å². The largest absolute Gasteiger partial charge is 0.507 e. The van der Waals surface area contributed by atoms with Crippen LogP contribution < -0.4 is 15.4 Å². The molecule has 5 rings (SSSR count). The van der Waals surface area contributed by atoms with Gasteiger partial charge in [0.1, 0.15) is 11.5 Å². The fourth-order valence-electron chi connectivity index (χ4n) is 4.16. The van der Waals surface area contributed by atoms with E-state index in [0.29, 0.717) is 44.9 Å². The molecule has 0 spiro atoms. The van der Waals surface area contributed by atoms with Gasteiger partial charge in [0.25, 0.3) is 5.91 Å². The first-order valence-electron chi connectivity index (χ1n) is 12.5. The third-order valence-electron chi connectivity index (χ3n) is 6.31. The van der Waals surface area contributed by atoms with Crippen molar-refractivity contribution < 1.29 is 19.4 Å². The van der Waals surface area contributed by atoms with Crippen LogP contribution in [0.25, 0.3) is 11.3 Å². The van der Waals surface area contributed by atoms with Crippen molar-refractivity contribution in [2.75, 3.05) is 11.9 Å². The third-order valence-corrected chi connectivity index (χ3v) is 7.05. The van der Waals surface area contributed by atoms with Crippen LogP contribution in [0.5, 0.6) is 11.5 Å². The van der Waals surface area contributed by atoms with Crippen LogP contribution in [0.4, 0.5) is 10.5 Å². The van der Waals surface area contributed by atoms with Gasteiger partial charge >= 0.3 is 6.03 Å². The molecule has 39 heavy (non-hydrogen) atoms. The lowest BCUT2D eigenvalue weighted by Gasteiger charge is -2.09. The number of halogens is 2. The molecule has 3 N–H and O–H groups in total. The predicted molar refractivity (Wildman–Crippen MR) is 151 cm³/mol. The van der Waals surface area contributed by atoms with Crippen molar-refractivity contribution in [1.82, 2.24) is 15.1 Å². The van der Waals surface area contributed by atoms with Crippen molar-refractivity contribution in [3.05, 3.63) is 93.6 Å². The number of anilines is 1. The second-order valence-electron chi connectivity index (χ2n) is 9.19. The Balaban J connectivity index is 1.31. The van der Waals surface area contributed by atoms with Gasteiger partial charge in [-0.1, -0.05) is 29.3 Å². The molecule has 0 saturated heterocycles. The van der Waals surface area contributed by atoms with Gasteiger partial charge in [-0.05, 0) is 79.9 Å². The molecule has 8 nitrogen and oxygen atoms in total. The highest BCUT2D eigenvalue weighted by Crippen LogP contribution is 2.42. The zero-order valence-corrected chi connectivity index (χ0v) is 22.6. The van der Waals surface area contributed by atoms with Crippen LogP contribution in [0, 0.1) is 0 Å². The average Bonchev–Trinajstić information content (AvgIpc) is 3.68. The van der Waals surface area contributed by atoms with Crippen molar-refractivity contribution in [2.24, 2.45) is 0 Å². The summed E-state index contributed by atoms with van der Waals surface area (Å²) in [6.45, 7) is 2.69. The number of ether oxygens (including phenoxy) is 1. The summed E-state index contributed by atoms with van der Waals surface area (Å²) in [6, 6.07) is 18.2. The highest BCUT2D eigenvalue weighted by molar-refractivity contribution is 6.42. The first-order valence-corrected chi connectivity index (χ1v) is 13.3. The summed E-state index contributed by atoms with van der Waals surface area (Å²) in [5, 5.41) is 21.8. The molecule has 2 amide bonds. The van der Waals surface area contributed by atoms with Crippen molar-refractivity contribution in [2.45, 2.75) is 32.2 Å². The van der Waals surface area contributed by atoms with Crippen LogP contribution >= 0.6 is 23.2 Å². The van der Waals surface area contributed by atoms with Gasteiger partial charge in [0.2, 0.25) is 0 Å². The molecule has 0 unspecified atom stereocenters. The molecule has 10 heteroatoms. The molecule has 200 valence electrons. The lowest BCUT2D eigenvalue weighted by molar-refractivity contribution is 0.102. The summed E-state index contributed by atoms with van der Waals surface area (Å²) in [5.41, 5.74) is 3.39. The summed E-state index contributed by atoms with van der Waals surface area (Å²) >= 11 is 12.1. The Kier molecular flexibility index (Phi) is 7.77. The Labute approximate surface area is 235 Å². The lowest BCUT2D eigenvalue weighted by Crippen LogP contribution is -2.30. The fourth-order valence-corrected chi connectivity index (χ4v) is 4.48. The minimum absolute atomic E-state index is 0.0669. The smallest absolute Gasteiger partial charge is 0.342 e. The molecular weight excluding hydrogens is 539 g/mol. The zero-order valence-electron chi connectivity index (χ0n) is 21.1. The van der Waals surface area contributed by atoms with Gasteiger partial charge in [-0.2, -0.15) is 9.78 Å². The molecule has 3 aromatic carbocycles. The van der Waals surface area contributed by atoms with E-state index < -0.39 is 0 Å². The van der Waals surface area contributed by atoms with Crippen LogP contribution in [-0.4, -0.2) is 33.4 Å². The molecule has 0 bridgehead atoms. The molecule has 1 fully saturated rings. The van der Waals surface area contributed by atoms with Gasteiger partial charge < -0.3 is 20.5 Å². The van der Waals surface area contributed by atoms with Crippen LogP contribution in [-0.2, 0) is 6.54 Å². The number of nitrogens with zero attached hydrogens (tertiary/aromatic N) is 2. The van der Waals surface area contributed by atoms with E-state index in [1.165, 1.54) is 10.7 Å². The number of amides is 2. The summed E-state index contributed by atoms with van der Waals surface area (Å²) in [4.78, 5) is 25.7. The van der Waals surface area contributed by atoms with Crippen molar-refractivity contribution in [3.63, 3.8) is 0 Å². The van der Waals surface area contributed by atoms with E-state index in [1.54, 1.807) is 54.6 Å². The monoisotopic (exact) mass is 564 g/mol. The van der Waals surface area contributed by atoms with Gasteiger partial charge in [0.05, 0.1) is 28.0 Å². The number of benzene rings is 3. The molecular formula is C29H26Cl2N4O4. The molecule has 0 aliphatic heterocycles. The standard InChI is InChI=1S/C29H26Cl2N4O4/c1-2-39-21-9-6-19(7-10-21)28(37)33-20-8-11-22(27(36)14-20)25-15-26(18-4-5-18)35(34-25)29(38)32-16-17-3-12-23(30)24(31)13-17/h3,6-15,18,36H,2,4-5,16H2,1H3,(H,32,38)(H,33,37). The van der Waals surface area contributed by atoms with Crippen molar-refractivity contribution >= 4 is 40.8 Å². The minimum Gasteiger partial charge on any atom is -0.507 e. The normalized spacial score (nSPS) is 12.7. The summed E-state index contributed by atoms with van der Waals surface area (Å²) in [5.74, 6) is 0.535. The molecule has 1 heterocycles. The Morgan fingerprint density at radius 1 is 1.03 bits per heavy atom. The number of carbonyl (C=O) groups is 2. The first-order chi connectivity index (χ1) is 18.8. The van der Waals surface area contributed by atoms with Gasteiger partial charge in [0.15, 0.2) is 0 Å². The highest BCUT2D eigenvalue weighted by Gasteiger charge is 2.30. The third kappa shape index (κ3) is 6.19. The fraction of sp³-hybridized carbons (Fsp3) is 0.207. The quantitative estimate of drug-likeness (QED) is 0.217. The number of aromatic nitrogens is 2. The minimum atomic E-state index is -0.382. The molecule has 1 aliphatic carbocycles. The number of hydrogen-bond acceptors (Lipinski definition) is 5. The van der Waals surface area contributed by atoms with Gasteiger partial charge in [-0.3, -0.25) is 4.79 Å². The molecule has 0 radical (unpaired) electrons. The summed E-state index contributed by atoms with van der Waals surface area (Å²) in [6.07, 6.45) is 1.93. The number of phenols is 1. The summed E-state index contributed by atoms with van der Waals surface area (Å²) < 4.78 is 6.76. The van der Waals surface area contributed by atoms with Crippen molar-refractivity contribution in [1.29, 1.82) is 0 Å². The maximum atomic E-state index is 13.0. The van der Waals surface area contributed by atoms with Gasteiger partial charge in [0, 0.05) is 35.3 Å². The van der Waals surface area contributed by atoms with Crippen LogP contribution in [0.2, 0.25) is 10.0 Å². The van der Waals surface area contributed by atoms with E-state index in [4.69, 9.17) is 27.9 Å². The van der Waals surface area contributed by atoms with Crippen molar-refractivity contribution in [3.8, 4) is 22.8 Å². The molecule has 4 aromatic rings. The SMILES string of the molecule is CCOc1ccc(C(=O)Nc2ccc(-c3cc(C4CC4)n(C(=O)NCc4ccc(Cl)c(Cl)c4)n3)c(O)c2)cc1. The Hall–Kier alpha value is -4.01. The zero-order chi connectivity index (χ0) is 27.5. The lowest BCUT2D eigenvalue weighted by atomic mass is 10.1. The number of phenolic OH excluding ortho intramolecular Hbond substituents is 1. The molecule has 1 aromatic heterocycles. The maximum Gasteiger partial charge on any atom is 0.342 e. The summed E-state index contributed by atoms with van der Waals surface area (Å²) in [7, 11) is 0. The Bertz CT molecular complexity index is 1530. The Morgan fingerprint density at radius 2 is 1.79 bits per heavy atom.